The van der Waals surface area contributed by atoms with Crippen LogP contribution in [0.4, 0.5) is 0 Å². The lowest BCUT2D eigenvalue weighted by molar-refractivity contribution is -0.572. The molecular formula is C79H72N4OSi. The highest BCUT2D eigenvalue weighted by atomic mass is 28.3. The molecule has 13 aromatic rings. The van der Waals surface area contributed by atoms with Gasteiger partial charge in [0.1, 0.15) is 17.3 Å². The number of fused-ring (bicyclic) bond motifs is 4. The van der Waals surface area contributed by atoms with Crippen molar-refractivity contribution >= 4 is 61.7 Å². The molecule has 0 aliphatic rings. The molecule has 0 bridgehead atoms. The molecule has 5 nitrogen and oxygen atoms in total. The Kier molecular flexibility index (Phi) is 8.65. The zero-order chi connectivity index (χ0) is 78.7. The van der Waals surface area contributed by atoms with Gasteiger partial charge >= 0.3 is 0 Å². The molecule has 0 aliphatic carbocycles. The molecule has 6 heteroatoms. The lowest BCUT2D eigenvalue weighted by Crippen LogP contribution is -2.74. The summed E-state index contributed by atoms with van der Waals surface area (Å²) in [5, 5.41) is -0.628. The first-order valence-corrected chi connectivity index (χ1v) is 29.9. The van der Waals surface area contributed by atoms with Gasteiger partial charge < -0.3 is 4.74 Å². The Balaban J connectivity index is 1.12. The quantitative estimate of drug-likeness (QED) is 0.0560. The summed E-state index contributed by atoms with van der Waals surface area (Å²) in [5.74, 6) is 0.635. The van der Waals surface area contributed by atoms with Crippen molar-refractivity contribution in [2.75, 3.05) is 0 Å². The Morgan fingerprint density at radius 1 is 0.494 bits per heavy atom. The summed E-state index contributed by atoms with van der Waals surface area (Å²) in [5.41, 5.74) is 5.29. The summed E-state index contributed by atoms with van der Waals surface area (Å²) >= 11 is 0. The van der Waals surface area contributed by atoms with E-state index in [9.17, 15) is 16.4 Å². The Morgan fingerprint density at radius 2 is 1.09 bits per heavy atom. The van der Waals surface area contributed by atoms with Crippen molar-refractivity contribution in [2.24, 2.45) is 0 Å². The number of aromatic nitrogens is 4. The lowest BCUT2D eigenvalue weighted by Gasteiger charge is -2.34. The maximum Gasteiger partial charge on any atom is 0.269 e. The Hall–Kier alpha value is -9.36. The molecule has 0 atom stereocenters. The third-order valence-electron chi connectivity index (χ3n) is 15.6. The van der Waals surface area contributed by atoms with E-state index in [1.807, 2.05) is 47.0 Å². The average Bonchev–Trinajstić information content (AvgIpc) is 0.832. The SMILES string of the molecule is [2H]c1c([2H])c([2H])c(-c2cnc(-n3c4ccccc4c4ccc(Oc5cccc(-n6[c-][n+](-c7c(-c8cc(C(C)(C)C)cc(C(C)(C)C)c8)cccc7C(C)(C)C)c7ccc([Si](c8c([2H])c([2H])c([2H])c([2H])c8[2H])(c8c([2H])c([2H])c([2H])c([2H])c8[2H])c8c([2H])c([2H])c([2H])c([2H])c8[2H])cc76)c5)cc43)cc2C([2H])([2H])[2H])c([2H])c1[2H]. The molecule has 418 valence electrons. The van der Waals surface area contributed by atoms with Gasteiger partial charge in [-0.2, -0.15) is 0 Å². The predicted octanol–water partition coefficient (Wildman–Crippen LogP) is 16.9. The minimum absolute atomic E-state index is 0.120. The number of pyridine rings is 1. The van der Waals surface area contributed by atoms with Gasteiger partial charge in [-0.15, -0.1) is 0 Å². The van der Waals surface area contributed by atoms with Crippen LogP contribution in [0, 0.1) is 13.2 Å². The molecule has 3 heterocycles. The highest BCUT2D eigenvalue weighted by molar-refractivity contribution is 7.20. The van der Waals surface area contributed by atoms with Gasteiger partial charge in [0.2, 0.25) is 0 Å². The van der Waals surface area contributed by atoms with Crippen molar-refractivity contribution in [3.8, 4) is 50.9 Å². The first kappa shape index (κ1) is 34.4. The largest absolute Gasteiger partial charge is 0.458 e. The van der Waals surface area contributed by atoms with Crippen LogP contribution in [0.3, 0.4) is 0 Å². The first-order chi connectivity index (χ1) is 50.4. The Morgan fingerprint density at radius 3 is 1.72 bits per heavy atom. The molecule has 0 fully saturated rings. The summed E-state index contributed by atoms with van der Waals surface area (Å²) < 4.78 is 222. The van der Waals surface area contributed by atoms with Crippen LogP contribution >= 0.6 is 0 Å². The van der Waals surface area contributed by atoms with Crippen molar-refractivity contribution in [2.45, 2.75) is 85.4 Å². The summed E-state index contributed by atoms with van der Waals surface area (Å²) in [6, 6.07) is 21.6. The zero-order valence-corrected chi connectivity index (χ0v) is 49.4. The van der Waals surface area contributed by atoms with Gasteiger partial charge in [0.15, 0.2) is 8.07 Å². The van der Waals surface area contributed by atoms with Crippen LogP contribution in [0.25, 0.3) is 72.3 Å². The lowest BCUT2D eigenvalue weighted by atomic mass is 9.78. The third kappa shape index (κ3) is 9.98. The number of aryl methyl sites for hydroxylation is 1. The molecule has 0 saturated carbocycles. The number of hydrogen-bond acceptors (Lipinski definition) is 2. The summed E-state index contributed by atoms with van der Waals surface area (Å²) in [6.07, 6.45) is 4.90. The molecule has 13 rings (SSSR count). The fourth-order valence-electron chi connectivity index (χ4n) is 11.3. The smallest absolute Gasteiger partial charge is 0.269 e. The van der Waals surface area contributed by atoms with Crippen LogP contribution in [0.15, 0.2) is 254 Å². The van der Waals surface area contributed by atoms with E-state index < -0.39 is 157 Å². The number of ether oxygens (including phenoxy) is 1. The molecule has 0 spiro atoms. The molecule has 0 saturated heterocycles. The highest BCUT2D eigenvalue weighted by Crippen LogP contribution is 2.41. The van der Waals surface area contributed by atoms with Crippen LogP contribution < -0.4 is 30.1 Å². The van der Waals surface area contributed by atoms with Gasteiger partial charge in [-0.25, -0.2) is 4.98 Å². The van der Waals surface area contributed by atoms with Gasteiger partial charge in [-0.05, 0) is 125 Å². The van der Waals surface area contributed by atoms with Gasteiger partial charge in [0.05, 0.1) is 60.9 Å². The van der Waals surface area contributed by atoms with E-state index in [0.717, 1.165) is 33.2 Å². The number of nitrogens with zero attached hydrogens (tertiary/aromatic N) is 4. The molecule has 0 aliphatic heterocycles. The number of hydrogen-bond donors (Lipinski definition) is 0. The number of imidazole rings is 1. The van der Waals surface area contributed by atoms with E-state index in [-0.39, 0.29) is 55.5 Å². The van der Waals surface area contributed by atoms with Crippen LogP contribution in [-0.4, -0.2) is 22.2 Å². The Bertz CT molecular complexity index is 5690. The third-order valence-corrected chi connectivity index (χ3v) is 19.8. The first-order valence-electron chi connectivity index (χ1n) is 39.4. The normalized spacial score (nSPS) is 16.3. The van der Waals surface area contributed by atoms with Gasteiger partial charge in [-0.1, -0.05) is 262 Å². The van der Waals surface area contributed by atoms with Crippen LogP contribution in [0.1, 0.15) is 116 Å². The van der Waals surface area contributed by atoms with E-state index in [1.165, 1.54) is 18.3 Å². The van der Waals surface area contributed by atoms with Gasteiger partial charge in [0, 0.05) is 32.7 Å². The van der Waals surface area contributed by atoms with Gasteiger partial charge in [-0.3, -0.25) is 13.7 Å². The second-order valence-electron chi connectivity index (χ2n) is 24.2. The van der Waals surface area contributed by atoms with E-state index in [0.29, 0.717) is 33.3 Å². The molecule has 0 amide bonds. The number of benzene rings is 10. The van der Waals surface area contributed by atoms with E-state index in [1.54, 1.807) is 63.7 Å². The number of rotatable bonds is 11. The van der Waals surface area contributed by atoms with Crippen LogP contribution in [0.5, 0.6) is 11.5 Å². The van der Waals surface area contributed by atoms with Crippen molar-refractivity contribution < 1.29 is 40.8 Å². The average molecular weight is 1140 g/mol. The standard InChI is InChI=1S/C79H72N4OSi/c1-54-45-75(80-52-69(54)55-27-15-11-16-28-55)83-71-40-24-23-37-67(71)68-43-41-61(50-73(68)83)84-60-30-25-29-59(49-60)81-53-82(76-66(38-26-39-70(76)79(8,9)10)56-46-57(77(2,3)4)48-58(47-56)78(5,6)7)72-44-42-65(51-74(72)81)85(62-31-17-12-18-32-62,63-33-19-13-20-34-63)64-35-21-14-22-36-64/h11-52H,1-10H3/i1D3,11D,12D,13D,14D,15D,16D,17D,18D,19D,20D,21D,22D,27D,28D,31D,32D,33D,34D,35D,36D. The fraction of sp³-hybridized carbons (Fsp3) is 0.165. The second kappa shape index (κ2) is 21.4. The predicted molar refractivity (Wildman–Crippen MR) is 358 cm³/mol. The maximum atomic E-state index is 9.89. The second-order valence-corrected chi connectivity index (χ2v) is 27.8. The van der Waals surface area contributed by atoms with E-state index in [4.69, 9.17) is 24.8 Å². The zero-order valence-electron chi connectivity index (χ0n) is 71.4. The monoisotopic (exact) mass is 1140 g/mol. The molecule has 0 N–H and O–H groups in total. The maximum absolute atomic E-state index is 9.89. The highest BCUT2D eigenvalue weighted by Gasteiger charge is 2.42. The molecule has 85 heavy (non-hydrogen) atoms. The molecular weight excluding hydrogens is 1050 g/mol. The number of para-hydroxylation sites is 2. The topological polar surface area (TPSA) is 35.9 Å². The fourth-order valence-corrected chi connectivity index (χ4v) is 15.1. The molecule has 10 aromatic carbocycles. The van der Waals surface area contributed by atoms with Gasteiger partial charge in [0.25, 0.3) is 6.33 Å². The van der Waals surface area contributed by atoms with Crippen molar-refractivity contribution in [1.82, 2.24) is 14.1 Å². The minimum atomic E-state index is -5.68. The Labute approximate surface area is 534 Å². The van der Waals surface area contributed by atoms with Crippen molar-refractivity contribution in [1.29, 1.82) is 0 Å². The van der Waals surface area contributed by atoms with Crippen LogP contribution in [0.2, 0.25) is 0 Å². The van der Waals surface area contributed by atoms with E-state index in [2.05, 4.69) is 86.8 Å². The summed E-state index contributed by atoms with van der Waals surface area (Å²) in [7, 11) is -5.68. The molecule has 0 radical (unpaired) electrons. The van der Waals surface area contributed by atoms with E-state index >= 15 is 0 Å². The molecule has 3 aromatic heterocycles. The van der Waals surface area contributed by atoms with Crippen molar-refractivity contribution in [3.05, 3.63) is 283 Å². The summed E-state index contributed by atoms with van der Waals surface area (Å²) in [6.45, 7) is 16.2. The minimum Gasteiger partial charge on any atom is -0.458 e. The summed E-state index contributed by atoms with van der Waals surface area (Å²) in [4.78, 5) is 4.75. The van der Waals surface area contributed by atoms with Crippen LogP contribution in [-0.2, 0) is 16.2 Å². The van der Waals surface area contributed by atoms with Crippen molar-refractivity contribution in [3.63, 3.8) is 0 Å². The molecule has 0 unspecified atom stereocenters.